The maximum Gasteiger partial charge on any atom is 0.472 e. The Morgan fingerprint density at radius 1 is 1.04 bits per heavy atom. The molecule has 3 heterocycles. The number of phosphoric acid groups is 1. The molecular formula is C39H59FN5O8P. The predicted molar refractivity (Wildman–Crippen MR) is 203 cm³/mol. The normalized spacial score (nSPS) is 21.7. The van der Waals surface area contributed by atoms with Gasteiger partial charge in [0.05, 0.1) is 49.9 Å². The molecule has 5 N–H and O–H groups in total. The molecule has 300 valence electrons. The highest BCUT2D eigenvalue weighted by Crippen LogP contribution is 2.48. The van der Waals surface area contributed by atoms with Gasteiger partial charge in [0.2, 0.25) is 0 Å². The van der Waals surface area contributed by atoms with Crippen molar-refractivity contribution in [3.8, 4) is 6.07 Å². The molecule has 0 spiro atoms. The first-order valence-electron chi connectivity index (χ1n) is 19.5. The van der Waals surface area contributed by atoms with Crippen molar-refractivity contribution in [3.63, 3.8) is 0 Å². The number of nitrogens with zero attached hydrogens (tertiary/aromatic N) is 4. The molecule has 15 heteroatoms. The summed E-state index contributed by atoms with van der Waals surface area (Å²) in [6.07, 6.45) is 17.9. The molecule has 0 aliphatic carbocycles. The fourth-order valence-electron chi connectivity index (χ4n) is 6.95. The molecule has 4 rings (SSSR count). The Morgan fingerprint density at radius 2 is 1.67 bits per heavy atom. The zero-order valence-electron chi connectivity index (χ0n) is 31.8. The summed E-state index contributed by atoms with van der Waals surface area (Å²) in [5, 5.41) is 36.1. The van der Waals surface area contributed by atoms with Crippen LogP contribution in [0.15, 0.2) is 36.7 Å². The average molecular weight is 776 g/mol. The number of benzene rings is 1. The standard InChI is InChI=1S/C39H59FN5O8P/c1-3-4-5-6-7-8-9-10-11-12-13-14-15-16-17-18-33(50-25-31-21-30(24-41)22-32(40)23-31)26-52-54(48,49)53-27-38(2)37(46)39(47,28-51-38)35-20-19-34-36(42)43-29-44-45(34)35/h19-23,29,33,37,46-47H,3-18,25-28H2,1-2H3,(H,48,49)(H2,42,43,44)/t33-,37+,38+,39?/m0/s1. The van der Waals surface area contributed by atoms with E-state index in [0.29, 0.717) is 17.5 Å². The minimum absolute atomic E-state index is 0.0303. The van der Waals surface area contributed by atoms with Crippen molar-refractivity contribution in [1.82, 2.24) is 14.6 Å². The second kappa shape index (κ2) is 21.3. The molecule has 0 saturated carbocycles. The molecule has 0 radical (unpaired) electrons. The maximum absolute atomic E-state index is 14.1. The lowest BCUT2D eigenvalue weighted by Crippen LogP contribution is -2.49. The summed E-state index contributed by atoms with van der Waals surface area (Å²) in [6.45, 7) is 2.42. The molecule has 54 heavy (non-hydrogen) atoms. The van der Waals surface area contributed by atoms with Gasteiger partial charge in [-0.15, -0.1) is 0 Å². The quantitative estimate of drug-likeness (QED) is 0.0460. The highest BCUT2D eigenvalue weighted by Gasteiger charge is 2.58. The number of nitrogens with two attached hydrogens (primary N) is 1. The number of rotatable bonds is 26. The number of aromatic nitrogens is 3. The molecule has 2 unspecified atom stereocenters. The number of nitriles is 1. The molecule has 5 atom stereocenters. The number of unbranched alkanes of at least 4 members (excludes halogenated alkanes) is 14. The number of aliphatic hydroxyl groups is 2. The van der Waals surface area contributed by atoms with Crippen molar-refractivity contribution >= 4 is 19.2 Å². The van der Waals surface area contributed by atoms with Gasteiger partial charge in [-0.05, 0) is 49.2 Å². The fraction of sp³-hybridized carbons (Fsp3) is 0.667. The van der Waals surface area contributed by atoms with Gasteiger partial charge >= 0.3 is 7.82 Å². The Kier molecular flexibility index (Phi) is 17.3. The summed E-state index contributed by atoms with van der Waals surface area (Å²) in [5.41, 5.74) is 3.62. The van der Waals surface area contributed by atoms with E-state index in [2.05, 4.69) is 17.0 Å². The molecule has 1 saturated heterocycles. The Balaban J connectivity index is 1.24. The van der Waals surface area contributed by atoms with E-state index < -0.39 is 43.7 Å². The van der Waals surface area contributed by atoms with Crippen LogP contribution in [0.1, 0.15) is 133 Å². The van der Waals surface area contributed by atoms with Crippen LogP contribution < -0.4 is 5.73 Å². The Hall–Kier alpha value is -2.99. The van der Waals surface area contributed by atoms with Gasteiger partial charge in [0, 0.05) is 0 Å². The van der Waals surface area contributed by atoms with E-state index in [1.54, 1.807) is 12.1 Å². The molecule has 3 aromatic rings. The fourth-order valence-corrected chi connectivity index (χ4v) is 7.80. The van der Waals surface area contributed by atoms with Gasteiger partial charge in [0.1, 0.15) is 29.4 Å². The second-order valence-corrected chi connectivity index (χ2v) is 16.2. The molecule has 1 aliphatic heterocycles. The first kappa shape index (κ1) is 43.7. The van der Waals surface area contributed by atoms with Gasteiger partial charge < -0.3 is 30.3 Å². The summed E-state index contributed by atoms with van der Waals surface area (Å²) >= 11 is 0. The largest absolute Gasteiger partial charge is 0.472 e. The predicted octanol–water partition coefficient (Wildman–Crippen LogP) is 7.64. The number of aliphatic hydroxyl groups excluding tert-OH is 1. The van der Waals surface area contributed by atoms with Crippen LogP contribution in [0.4, 0.5) is 10.2 Å². The zero-order valence-corrected chi connectivity index (χ0v) is 32.7. The van der Waals surface area contributed by atoms with Crippen LogP contribution in [-0.2, 0) is 35.3 Å². The average Bonchev–Trinajstić information content (AvgIpc) is 3.70. The van der Waals surface area contributed by atoms with Crippen LogP contribution in [0, 0.1) is 17.1 Å². The lowest BCUT2D eigenvalue weighted by atomic mass is 9.86. The molecule has 0 amide bonds. The van der Waals surface area contributed by atoms with Gasteiger partial charge in [-0.1, -0.05) is 103 Å². The smallest absolute Gasteiger partial charge is 0.386 e. The van der Waals surface area contributed by atoms with Crippen molar-refractivity contribution in [2.45, 2.75) is 147 Å². The number of anilines is 1. The third kappa shape index (κ3) is 12.8. The highest BCUT2D eigenvalue weighted by molar-refractivity contribution is 7.47. The minimum atomic E-state index is -4.70. The maximum atomic E-state index is 14.1. The summed E-state index contributed by atoms with van der Waals surface area (Å²) in [5.74, 6) is -0.377. The molecule has 1 aliphatic rings. The van der Waals surface area contributed by atoms with E-state index in [1.165, 1.54) is 101 Å². The van der Waals surface area contributed by atoms with Crippen LogP contribution in [0.3, 0.4) is 0 Å². The van der Waals surface area contributed by atoms with Crippen LogP contribution >= 0.6 is 7.82 Å². The summed E-state index contributed by atoms with van der Waals surface area (Å²) in [6, 6.07) is 9.02. The van der Waals surface area contributed by atoms with Crippen LogP contribution in [0.2, 0.25) is 0 Å². The topological polar surface area (TPSA) is 195 Å². The van der Waals surface area contributed by atoms with Crippen molar-refractivity contribution in [3.05, 3.63) is 59.3 Å². The summed E-state index contributed by atoms with van der Waals surface area (Å²) < 4.78 is 50.9. The third-order valence-corrected chi connectivity index (χ3v) is 11.1. The first-order chi connectivity index (χ1) is 25.9. The van der Waals surface area contributed by atoms with Crippen LogP contribution in [0.25, 0.3) is 5.52 Å². The Morgan fingerprint density at radius 3 is 2.30 bits per heavy atom. The molecule has 13 nitrogen and oxygen atoms in total. The van der Waals surface area contributed by atoms with Crippen molar-refractivity contribution in [1.29, 1.82) is 5.26 Å². The lowest BCUT2D eigenvalue weighted by molar-refractivity contribution is -0.100. The third-order valence-electron chi connectivity index (χ3n) is 10.2. The van der Waals surface area contributed by atoms with Crippen LogP contribution in [-0.4, -0.2) is 67.3 Å². The summed E-state index contributed by atoms with van der Waals surface area (Å²) in [4.78, 5) is 14.6. The number of fused-ring (bicyclic) bond motifs is 1. The van der Waals surface area contributed by atoms with E-state index in [9.17, 15) is 29.3 Å². The van der Waals surface area contributed by atoms with Crippen molar-refractivity contribution in [2.24, 2.45) is 0 Å². The molecule has 1 fully saturated rings. The number of ether oxygens (including phenoxy) is 2. The molecule has 1 aromatic carbocycles. The monoisotopic (exact) mass is 775 g/mol. The van der Waals surface area contributed by atoms with E-state index in [4.69, 9.17) is 24.3 Å². The Bertz CT molecular complexity index is 1690. The van der Waals surface area contributed by atoms with Gasteiger partial charge in [0.25, 0.3) is 0 Å². The molecule has 0 bridgehead atoms. The Labute approximate surface area is 318 Å². The SMILES string of the molecule is CCCCCCCCCCCCCCCCC[C@@H](COP(=O)(O)OC[C@@]1(C)OCC(O)(c2ccc3c(N)ncnn23)[C@@H]1O)OCc1cc(F)cc(C#N)c1. The van der Waals surface area contributed by atoms with Crippen LogP contribution in [0.5, 0.6) is 0 Å². The lowest BCUT2D eigenvalue weighted by Gasteiger charge is -2.32. The summed E-state index contributed by atoms with van der Waals surface area (Å²) in [7, 11) is -4.70. The van der Waals surface area contributed by atoms with E-state index >= 15 is 0 Å². The van der Waals surface area contributed by atoms with Crippen molar-refractivity contribution < 1.29 is 42.6 Å². The van der Waals surface area contributed by atoms with E-state index in [0.717, 1.165) is 31.7 Å². The second-order valence-electron chi connectivity index (χ2n) is 14.8. The minimum Gasteiger partial charge on any atom is -0.386 e. The highest BCUT2D eigenvalue weighted by atomic mass is 31.2. The number of halogens is 1. The van der Waals surface area contributed by atoms with Gasteiger partial charge in [0.15, 0.2) is 11.4 Å². The van der Waals surface area contributed by atoms with Gasteiger partial charge in [-0.2, -0.15) is 10.4 Å². The number of hydrogen-bond donors (Lipinski definition) is 4. The number of hydrogen-bond acceptors (Lipinski definition) is 11. The van der Waals surface area contributed by atoms with Gasteiger partial charge in [-0.3, -0.25) is 9.05 Å². The van der Waals surface area contributed by atoms with E-state index in [1.807, 2.05) is 6.07 Å². The van der Waals surface area contributed by atoms with E-state index in [-0.39, 0.29) is 36.9 Å². The molecule has 2 aromatic heterocycles. The van der Waals surface area contributed by atoms with Crippen molar-refractivity contribution in [2.75, 3.05) is 25.6 Å². The number of phosphoric ester groups is 1. The molecular weight excluding hydrogens is 716 g/mol. The number of nitrogen functional groups attached to an aromatic ring is 1. The zero-order chi connectivity index (χ0) is 39.0. The first-order valence-corrected chi connectivity index (χ1v) is 21.0. The van der Waals surface area contributed by atoms with Gasteiger partial charge in [-0.25, -0.2) is 18.5 Å².